The number of para-hydroxylation sites is 1. The summed E-state index contributed by atoms with van der Waals surface area (Å²) in [5.74, 6) is 0.873. The van der Waals surface area contributed by atoms with Gasteiger partial charge in [0.15, 0.2) is 5.96 Å². The molecule has 3 atom stereocenters. The van der Waals surface area contributed by atoms with Crippen LogP contribution in [-0.4, -0.2) is 62.3 Å². The lowest BCUT2D eigenvalue weighted by molar-refractivity contribution is 0.0992. The van der Waals surface area contributed by atoms with E-state index in [1.54, 1.807) is 0 Å². The van der Waals surface area contributed by atoms with Crippen LogP contribution in [0.25, 0.3) is 0 Å². The van der Waals surface area contributed by atoms with Crippen LogP contribution in [0.2, 0.25) is 0 Å². The Kier molecular flexibility index (Phi) is 8.49. The Labute approximate surface area is 214 Å². The molecule has 2 N–H and O–H groups in total. The maximum absolute atomic E-state index is 5.98. The molecule has 3 fully saturated rings. The third-order valence-corrected chi connectivity index (χ3v) is 7.10. The first-order chi connectivity index (χ1) is 15.8. The summed E-state index contributed by atoms with van der Waals surface area (Å²) in [6.07, 6.45) is 4.26. The van der Waals surface area contributed by atoms with Crippen LogP contribution < -0.4 is 15.5 Å². The summed E-state index contributed by atoms with van der Waals surface area (Å²) in [5.41, 5.74) is 4.06. The van der Waals surface area contributed by atoms with Gasteiger partial charge in [0.2, 0.25) is 0 Å². The second kappa shape index (κ2) is 11.5. The fourth-order valence-electron chi connectivity index (χ4n) is 5.27. The number of aliphatic imine (C=N–C) groups is 1. The third kappa shape index (κ3) is 6.00. The number of benzene rings is 2. The molecule has 0 amide bonds. The van der Waals surface area contributed by atoms with Gasteiger partial charge in [-0.2, -0.15) is 0 Å². The number of rotatable bonds is 6. The van der Waals surface area contributed by atoms with Gasteiger partial charge < -0.3 is 20.3 Å². The smallest absolute Gasteiger partial charge is 0.191 e. The minimum absolute atomic E-state index is 0. The predicted octanol–water partition coefficient (Wildman–Crippen LogP) is 3.61. The van der Waals surface area contributed by atoms with E-state index >= 15 is 0 Å². The van der Waals surface area contributed by atoms with Gasteiger partial charge in [-0.15, -0.1) is 24.0 Å². The maximum atomic E-state index is 5.98. The zero-order chi connectivity index (χ0) is 21.8. The number of ether oxygens (including phenoxy) is 1. The number of fused-ring (bicyclic) bond motifs is 2. The SMILES string of the molecule is CN=C(NCc1ccccc1CN1CCN(c2ccccc2)CC1)NC1CC2CCC1O2.I. The second-order valence-corrected chi connectivity index (χ2v) is 9.15. The molecule has 2 aromatic rings. The zero-order valence-corrected chi connectivity index (χ0v) is 21.8. The van der Waals surface area contributed by atoms with E-state index in [4.69, 9.17) is 4.74 Å². The lowest BCUT2D eigenvalue weighted by Gasteiger charge is -2.36. The second-order valence-electron chi connectivity index (χ2n) is 9.15. The van der Waals surface area contributed by atoms with Crippen LogP contribution in [0.1, 0.15) is 30.4 Å². The molecule has 178 valence electrons. The molecule has 2 bridgehead atoms. The van der Waals surface area contributed by atoms with Gasteiger partial charge in [0.25, 0.3) is 0 Å². The topological polar surface area (TPSA) is 52.1 Å². The van der Waals surface area contributed by atoms with Gasteiger partial charge in [0, 0.05) is 52.0 Å². The molecule has 3 saturated heterocycles. The largest absolute Gasteiger partial charge is 0.373 e. The van der Waals surface area contributed by atoms with Crippen molar-refractivity contribution in [2.75, 3.05) is 38.1 Å². The third-order valence-electron chi connectivity index (χ3n) is 7.10. The Bertz CT molecular complexity index is 916. The summed E-state index contributed by atoms with van der Waals surface area (Å²) in [7, 11) is 1.85. The number of anilines is 1. The van der Waals surface area contributed by atoms with E-state index in [9.17, 15) is 0 Å². The van der Waals surface area contributed by atoms with Gasteiger partial charge in [-0.25, -0.2) is 0 Å². The number of guanidine groups is 1. The molecule has 3 aliphatic rings. The molecule has 33 heavy (non-hydrogen) atoms. The van der Waals surface area contributed by atoms with Crippen molar-refractivity contribution in [2.45, 2.75) is 50.6 Å². The molecule has 0 saturated carbocycles. The average Bonchev–Trinajstić information content (AvgIpc) is 3.47. The summed E-state index contributed by atoms with van der Waals surface area (Å²) in [6.45, 7) is 6.10. The fourth-order valence-corrected chi connectivity index (χ4v) is 5.27. The molecule has 3 aliphatic heterocycles. The molecule has 7 heteroatoms. The predicted molar refractivity (Wildman–Crippen MR) is 145 cm³/mol. The Morgan fingerprint density at radius 3 is 2.36 bits per heavy atom. The highest BCUT2D eigenvalue weighted by Crippen LogP contribution is 2.34. The molecule has 2 aromatic carbocycles. The lowest BCUT2D eigenvalue weighted by Crippen LogP contribution is -2.47. The minimum Gasteiger partial charge on any atom is -0.373 e. The molecule has 0 aromatic heterocycles. The van der Waals surface area contributed by atoms with E-state index in [1.165, 1.54) is 29.7 Å². The standard InChI is InChI=1S/C26H35N5O.HI/c1-27-26(29-24-17-23-11-12-25(24)32-23)28-18-20-7-5-6-8-21(20)19-30-13-15-31(16-14-30)22-9-3-2-4-10-22;/h2-10,23-25H,11-19H2,1H3,(H2,27,28,29);1H. The highest BCUT2D eigenvalue weighted by molar-refractivity contribution is 14.0. The Hall–Kier alpha value is -1.84. The number of piperazine rings is 1. The van der Waals surface area contributed by atoms with E-state index in [0.29, 0.717) is 18.2 Å². The molecular formula is C26H36IN5O. The van der Waals surface area contributed by atoms with Crippen LogP contribution in [0.4, 0.5) is 5.69 Å². The highest BCUT2D eigenvalue weighted by atomic mass is 127. The number of halogens is 1. The number of hydrogen-bond acceptors (Lipinski definition) is 4. The molecule has 3 heterocycles. The first-order valence-electron chi connectivity index (χ1n) is 12.0. The molecule has 3 unspecified atom stereocenters. The van der Waals surface area contributed by atoms with Crippen molar-refractivity contribution in [3.05, 3.63) is 65.7 Å². The van der Waals surface area contributed by atoms with Gasteiger partial charge in [0.05, 0.1) is 18.2 Å². The molecule has 0 aliphatic carbocycles. The quantitative estimate of drug-likeness (QED) is 0.321. The normalized spacial score (nSPS) is 25.1. The van der Waals surface area contributed by atoms with Crippen LogP contribution in [0.15, 0.2) is 59.6 Å². The van der Waals surface area contributed by atoms with Crippen molar-refractivity contribution in [3.8, 4) is 0 Å². The van der Waals surface area contributed by atoms with E-state index < -0.39 is 0 Å². The van der Waals surface area contributed by atoms with E-state index in [0.717, 1.165) is 51.6 Å². The molecular weight excluding hydrogens is 525 g/mol. The number of nitrogens with one attached hydrogen (secondary N) is 2. The first kappa shape index (κ1) is 24.3. The molecule has 5 rings (SSSR count). The Morgan fingerprint density at radius 1 is 0.970 bits per heavy atom. The highest BCUT2D eigenvalue weighted by Gasteiger charge is 2.41. The van der Waals surface area contributed by atoms with E-state index in [2.05, 4.69) is 80.0 Å². The van der Waals surface area contributed by atoms with Gasteiger partial charge in [-0.3, -0.25) is 9.89 Å². The van der Waals surface area contributed by atoms with Gasteiger partial charge in [-0.1, -0.05) is 42.5 Å². The van der Waals surface area contributed by atoms with Crippen LogP contribution in [0.3, 0.4) is 0 Å². The van der Waals surface area contributed by atoms with Gasteiger partial charge in [-0.05, 0) is 42.5 Å². The minimum atomic E-state index is 0. The summed E-state index contributed by atoms with van der Waals surface area (Å²) >= 11 is 0. The monoisotopic (exact) mass is 561 g/mol. The summed E-state index contributed by atoms with van der Waals surface area (Å²) < 4.78 is 5.98. The lowest BCUT2D eigenvalue weighted by atomic mass is 9.96. The fraction of sp³-hybridized carbons (Fsp3) is 0.500. The Morgan fingerprint density at radius 2 is 1.70 bits per heavy atom. The van der Waals surface area contributed by atoms with Crippen LogP contribution >= 0.6 is 24.0 Å². The maximum Gasteiger partial charge on any atom is 0.191 e. The summed E-state index contributed by atoms with van der Waals surface area (Å²) in [6, 6.07) is 19.9. The molecule has 6 nitrogen and oxygen atoms in total. The Balaban J connectivity index is 0.00000259. The zero-order valence-electron chi connectivity index (χ0n) is 19.5. The van der Waals surface area contributed by atoms with Crippen molar-refractivity contribution in [3.63, 3.8) is 0 Å². The van der Waals surface area contributed by atoms with Crippen molar-refractivity contribution in [1.29, 1.82) is 0 Å². The number of nitrogens with zero attached hydrogens (tertiary/aromatic N) is 3. The van der Waals surface area contributed by atoms with Crippen molar-refractivity contribution in [2.24, 2.45) is 4.99 Å². The van der Waals surface area contributed by atoms with E-state index in [-0.39, 0.29) is 24.0 Å². The van der Waals surface area contributed by atoms with Gasteiger partial charge >= 0.3 is 0 Å². The van der Waals surface area contributed by atoms with Gasteiger partial charge in [0.1, 0.15) is 0 Å². The van der Waals surface area contributed by atoms with Crippen LogP contribution in [0.5, 0.6) is 0 Å². The molecule has 0 radical (unpaired) electrons. The van der Waals surface area contributed by atoms with Crippen LogP contribution in [-0.2, 0) is 17.8 Å². The summed E-state index contributed by atoms with van der Waals surface area (Å²) in [4.78, 5) is 9.51. The van der Waals surface area contributed by atoms with E-state index in [1.807, 2.05) is 7.05 Å². The number of hydrogen-bond donors (Lipinski definition) is 2. The van der Waals surface area contributed by atoms with Crippen LogP contribution in [0, 0.1) is 0 Å². The average molecular weight is 562 g/mol. The summed E-state index contributed by atoms with van der Waals surface area (Å²) in [5, 5.41) is 7.12. The van der Waals surface area contributed by atoms with Crippen molar-refractivity contribution in [1.82, 2.24) is 15.5 Å². The molecule has 0 spiro atoms. The van der Waals surface area contributed by atoms with Crippen molar-refractivity contribution >= 4 is 35.6 Å². The first-order valence-corrected chi connectivity index (χ1v) is 12.0. The van der Waals surface area contributed by atoms with Crippen molar-refractivity contribution < 1.29 is 4.74 Å².